The minimum atomic E-state index is -2.61. The topological polar surface area (TPSA) is 74.7 Å². The first kappa shape index (κ1) is 13.0. The van der Waals surface area contributed by atoms with E-state index < -0.39 is 16.9 Å². The Kier molecular flexibility index (Phi) is 3.98. The van der Waals surface area contributed by atoms with Gasteiger partial charge in [0.05, 0.1) is 6.42 Å². The number of fused-ring (bicyclic) bond motifs is 1. The molecule has 0 aromatic heterocycles. The molecular formula is C12H15NO4S. The lowest BCUT2D eigenvalue weighted by Crippen LogP contribution is -2.21. The van der Waals surface area contributed by atoms with E-state index in [1.807, 2.05) is 24.3 Å². The number of carboxylic acids is 1. The standard InChI is InChI=1S/C12H15NO4S/c14-12(15)7-9-5-6-13(18(16)17)8-10-3-1-2-4-11(9)10/h1-4,9,18H,5-8H2,(H,14,15). The van der Waals surface area contributed by atoms with Gasteiger partial charge in [0.15, 0.2) is 0 Å². The SMILES string of the molecule is O=C(O)CC1CCN([SH](=O)=O)Cc2ccccc21. The van der Waals surface area contributed by atoms with Crippen molar-refractivity contribution < 1.29 is 18.3 Å². The van der Waals surface area contributed by atoms with Crippen LogP contribution in [0.5, 0.6) is 0 Å². The van der Waals surface area contributed by atoms with Crippen molar-refractivity contribution in [3.05, 3.63) is 35.4 Å². The van der Waals surface area contributed by atoms with Gasteiger partial charge in [-0.1, -0.05) is 24.3 Å². The van der Waals surface area contributed by atoms with Crippen molar-refractivity contribution >= 4 is 16.9 Å². The first-order chi connectivity index (χ1) is 8.58. The molecule has 1 aromatic rings. The molecule has 18 heavy (non-hydrogen) atoms. The van der Waals surface area contributed by atoms with Crippen LogP contribution in [0.3, 0.4) is 0 Å². The van der Waals surface area contributed by atoms with Gasteiger partial charge in [-0.25, -0.2) is 8.42 Å². The number of carboxylic acid groups (broad SMARTS) is 1. The zero-order valence-electron chi connectivity index (χ0n) is 9.78. The summed E-state index contributed by atoms with van der Waals surface area (Å²) < 4.78 is 23.6. The van der Waals surface area contributed by atoms with E-state index in [2.05, 4.69) is 0 Å². The Hall–Kier alpha value is -1.40. The molecule has 0 fully saturated rings. The molecule has 1 aliphatic rings. The van der Waals surface area contributed by atoms with E-state index in [0.29, 0.717) is 19.5 Å². The second kappa shape index (κ2) is 5.49. The summed E-state index contributed by atoms with van der Waals surface area (Å²) in [4.78, 5) is 10.9. The highest BCUT2D eigenvalue weighted by molar-refractivity contribution is 7.69. The molecule has 98 valence electrons. The molecular weight excluding hydrogens is 254 g/mol. The molecule has 1 aromatic carbocycles. The normalized spacial score (nSPS) is 20.4. The predicted molar refractivity (Wildman–Crippen MR) is 66.8 cm³/mol. The summed E-state index contributed by atoms with van der Waals surface area (Å²) in [6.07, 6.45) is 0.590. The van der Waals surface area contributed by atoms with Crippen molar-refractivity contribution in [2.75, 3.05) is 6.54 Å². The monoisotopic (exact) mass is 269 g/mol. The minimum absolute atomic E-state index is 0.0422. The molecule has 5 nitrogen and oxygen atoms in total. The van der Waals surface area contributed by atoms with E-state index >= 15 is 0 Å². The Balaban J connectivity index is 2.34. The van der Waals surface area contributed by atoms with Gasteiger partial charge < -0.3 is 5.11 Å². The van der Waals surface area contributed by atoms with Crippen LogP contribution in [0.4, 0.5) is 0 Å². The molecule has 1 N–H and O–H groups in total. The molecule has 1 atom stereocenters. The van der Waals surface area contributed by atoms with Crippen molar-refractivity contribution in [3.8, 4) is 0 Å². The molecule has 1 unspecified atom stereocenters. The second-order valence-corrected chi connectivity index (χ2v) is 5.45. The van der Waals surface area contributed by atoms with Gasteiger partial charge in [-0.2, -0.15) is 4.31 Å². The fourth-order valence-electron chi connectivity index (χ4n) is 2.37. The molecule has 0 saturated carbocycles. The van der Waals surface area contributed by atoms with Gasteiger partial charge >= 0.3 is 5.97 Å². The number of carbonyl (C=O) groups is 1. The smallest absolute Gasteiger partial charge is 0.303 e. The third-order valence-electron chi connectivity index (χ3n) is 3.24. The first-order valence-electron chi connectivity index (χ1n) is 5.76. The second-order valence-electron chi connectivity index (χ2n) is 4.41. The Morgan fingerprint density at radius 2 is 2.11 bits per heavy atom. The van der Waals surface area contributed by atoms with Gasteiger partial charge in [-0.3, -0.25) is 4.79 Å². The highest BCUT2D eigenvalue weighted by atomic mass is 32.2. The number of aliphatic carboxylic acids is 1. The number of hydrogen-bond acceptors (Lipinski definition) is 3. The van der Waals surface area contributed by atoms with Crippen LogP contribution in [0.15, 0.2) is 24.3 Å². The number of benzene rings is 1. The molecule has 2 rings (SSSR count). The summed E-state index contributed by atoms with van der Waals surface area (Å²) in [7, 11) is -2.61. The fourth-order valence-corrected chi connectivity index (χ4v) is 2.92. The van der Waals surface area contributed by atoms with Crippen LogP contribution in [0.1, 0.15) is 29.9 Å². The van der Waals surface area contributed by atoms with Crippen molar-refractivity contribution in [3.63, 3.8) is 0 Å². The summed E-state index contributed by atoms with van der Waals surface area (Å²) in [5, 5.41) is 8.93. The summed E-state index contributed by atoms with van der Waals surface area (Å²) in [5.74, 6) is -0.964. The molecule has 0 aliphatic carbocycles. The number of nitrogens with zero attached hydrogens (tertiary/aromatic N) is 1. The predicted octanol–water partition coefficient (Wildman–Crippen LogP) is 0.977. The molecule has 0 amide bonds. The zero-order chi connectivity index (χ0) is 13.1. The van der Waals surface area contributed by atoms with E-state index in [9.17, 15) is 13.2 Å². The van der Waals surface area contributed by atoms with E-state index in [4.69, 9.17) is 5.11 Å². The minimum Gasteiger partial charge on any atom is -0.481 e. The van der Waals surface area contributed by atoms with Crippen molar-refractivity contribution in [1.82, 2.24) is 4.31 Å². The molecule has 1 aliphatic heterocycles. The Labute approximate surface area is 107 Å². The summed E-state index contributed by atoms with van der Waals surface area (Å²) >= 11 is 0. The Morgan fingerprint density at radius 1 is 1.39 bits per heavy atom. The van der Waals surface area contributed by atoms with Crippen molar-refractivity contribution in [1.29, 1.82) is 0 Å². The van der Waals surface area contributed by atoms with Crippen LogP contribution in [0, 0.1) is 0 Å². The third kappa shape index (κ3) is 2.88. The molecule has 0 bridgehead atoms. The molecule has 0 saturated heterocycles. The van der Waals surface area contributed by atoms with Gasteiger partial charge in [0, 0.05) is 13.1 Å². The van der Waals surface area contributed by atoms with Crippen LogP contribution in [0.25, 0.3) is 0 Å². The highest BCUT2D eigenvalue weighted by Crippen LogP contribution is 2.30. The first-order valence-corrected chi connectivity index (χ1v) is 6.90. The van der Waals surface area contributed by atoms with Crippen LogP contribution >= 0.6 is 0 Å². The van der Waals surface area contributed by atoms with E-state index in [0.717, 1.165) is 11.1 Å². The maximum absolute atomic E-state index is 11.1. The van der Waals surface area contributed by atoms with E-state index in [-0.39, 0.29) is 12.3 Å². The Morgan fingerprint density at radius 3 is 2.78 bits per heavy atom. The van der Waals surface area contributed by atoms with Crippen LogP contribution in [0.2, 0.25) is 0 Å². The Bertz CT molecular complexity index is 519. The van der Waals surface area contributed by atoms with Crippen molar-refractivity contribution in [2.24, 2.45) is 0 Å². The van der Waals surface area contributed by atoms with E-state index in [1.165, 1.54) is 4.31 Å². The molecule has 1 heterocycles. The quantitative estimate of drug-likeness (QED) is 0.802. The van der Waals surface area contributed by atoms with Gasteiger partial charge in [0.25, 0.3) is 0 Å². The summed E-state index contributed by atoms with van der Waals surface area (Å²) in [6.45, 7) is 0.719. The average Bonchev–Trinajstić information content (AvgIpc) is 2.49. The zero-order valence-corrected chi connectivity index (χ0v) is 10.7. The largest absolute Gasteiger partial charge is 0.481 e. The van der Waals surface area contributed by atoms with Gasteiger partial charge in [0.2, 0.25) is 10.9 Å². The number of thiol groups is 1. The average molecular weight is 269 g/mol. The molecule has 6 heteroatoms. The van der Waals surface area contributed by atoms with Crippen molar-refractivity contribution in [2.45, 2.75) is 25.3 Å². The number of hydrogen-bond donors (Lipinski definition) is 2. The maximum Gasteiger partial charge on any atom is 0.303 e. The van der Waals surface area contributed by atoms with E-state index in [1.54, 1.807) is 0 Å². The fraction of sp³-hybridized carbons (Fsp3) is 0.417. The molecule has 0 spiro atoms. The lowest BCUT2D eigenvalue weighted by atomic mass is 9.90. The van der Waals surface area contributed by atoms with Gasteiger partial charge in [-0.15, -0.1) is 0 Å². The summed E-state index contributed by atoms with van der Waals surface area (Å²) in [6, 6.07) is 7.46. The van der Waals surface area contributed by atoms with Crippen LogP contribution in [-0.4, -0.2) is 30.3 Å². The maximum atomic E-state index is 11.1. The lowest BCUT2D eigenvalue weighted by molar-refractivity contribution is -0.137. The number of rotatable bonds is 3. The third-order valence-corrected chi connectivity index (χ3v) is 4.04. The summed E-state index contributed by atoms with van der Waals surface area (Å²) in [5.41, 5.74) is 1.86. The molecule has 0 radical (unpaired) electrons. The van der Waals surface area contributed by atoms with Crippen LogP contribution in [-0.2, 0) is 22.2 Å². The van der Waals surface area contributed by atoms with Gasteiger partial charge in [0.1, 0.15) is 0 Å². The highest BCUT2D eigenvalue weighted by Gasteiger charge is 2.24. The van der Waals surface area contributed by atoms with Gasteiger partial charge in [-0.05, 0) is 23.5 Å². The lowest BCUT2D eigenvalue weighted by Gasteiger charge is -2.14. The van der Waals surface area contributed by atoms with Crippen LogP contribution < -0.4 is 0 Å².